The summed E-state index contributed by atoms with van der Waals surface area (Å²) in [4.78, 5) is 16.0. The molecule has 0 aliphatic heterocycles. The Kier molecular flexibility index (Phi) is 10.8. The Hall–Kier alpha value is -2.81. The monoisotopic (exact) mass is 507 g/mol. The minimum atomic E-state index is -1.02. The first kappa shape index (κ1) is 28.4. The number of carbonyl (C=O) groups is 1. The highest BCUT2D eigenvalue weighted by molar-refractivity contribution is 5.85. The molecule has 6 nitrogen and oxygen atoms in total. The van der Waals surface area contributed by atoms with E-state index in [0.29, 0.717) is 23.6 Å². The van der Waals surface area contributed by atoms with Crippen molar-refractivity contribution in [3.63, 3.8) is 0 Å². The van der Waals surface area contributed by atoms with Gasteiger partial charge < -0.3 is 20.2 Å². The van der Waals surface area contributed by atoms with Crippen molar-refractivity contribution in [2.45, 2.75) is 58.2 Å². The predicted octanol–water partition coefficient (Wildman–Crippen LogP) is 4.23. The van der Waals surface area contributed by atoms with E-state index in [4.69, 9.17) is 4.42 Å². The number of hydrogen-bond donors (Lipinski definition) is 3. The topological polar surface area (TPSA) is 87.4 Å². The van der Waals surface area contributed by atoms with E-state index in [0.717, 1.165) is 18.1 Å². The van der Waals surface area contributed by atoms with Gasteiger partial charge in [0, 0.05) is 32.0 Å². The first-order valence-corrected chi connectivity index (χ1v) is 11.4. The number of halogens is 3. The molecule has 1 aromatic heterocycles. The largest absolute Gasteiger partial charge is 0.446 e. The van der Waals surface area contributed by atoms with Crippen LogP contribution in [0.2, 0.25) is 0 Å². The first-order chi connectivity index (χ1) is 16.2. The number of nitrogens with one attached hydrogen (secondary N) is 2. The Labute approximate surface area is 210 Å². The Bertz CT molecular complexity index is 1090. The van der Waals surface area contributed by atoms with Crippen LogP contribution >= 0.6 is 12.4 Å². The molecule has 0 bridgehead atoms. The van der Waals surface area contributed by atoms with Gasteiger partial charge in [-0.2, -0.15) is 0 Å². The summed E-state index contributed by atoms with van der Waals surface area (Å²) in [5.41, 5.74) is 2.54. The third-order valence-electron chi connectivity index (χ3n) is 5.61. The van der Waals surface area contributed by atoms with Gasteiger partial charge in [-0.25, -0.2) is 13.8 Å². The van der Waals surface area contributed by atoms with Crippen LogP contribution in [0.1, 0.15) is 48.2 Å². The highest BCUT2D eigenvalue weighted by Gasteiger charge is 2.24. The van der Waals surface area contributed by atoms with Crippen LogP contribution in [-0.4, -0.2) is 34.7 Å². The van der Waals surface area contributed by atoms with Gasteiger partial charge >= 0.3 is 0 Å². The fraction of sp³-hybridized carbons (Fsp3) is 0.385. The summed E-state index contributed by atoms with van der Waals surface area (Å²) in [6, 6.07) is 10.4. The lowest BCUT2D eigenvalue weighted by atomic mass is 9.98. The van der Waals surface area contributed by atoms with E-state index in [1.54, 1.807) is 6.20 Å². The number of aromatic nitrogens is 1. The van der Waals surface area contributed by atoms with Crippen molar-refractivity contribution in [2.75, 3.05) is 6.54 Å². The van der Waals surface area contributed by atoms with Crippen molar-refractivity contribution < 1.29 is 23.1 Å². The van der Waals surface area contributed by atoms with E-state index in [1.807, 2.05) is 19.1 Å². The Morgan fingerprint density at radius 1 is 1.11 bits per heavy atom. The van der Waals surface area contributed by atoms with Gasteiger partial charge in [-0.05, 0) is 48.6 Å². The minimum absolute atomic E-state index is 0. The number of oxazole rings is 1. The zero-order chi connectivity index (χ0) is 24.7. The van der Waals surface area contributed by atoms with Gasteiger partial charge in [-0.15, -0.1) is 12.4 Å². The molecule has 0 radical (unpaired) electrons. The van der Waals surface area contributed by atoms with Crippen molar-refractivity contribution in [3.8, 4) is 0 Å². The lowest BCUT2D eigenvalue weighted by Crippen LogP contribution is -2.48. The molecule has 190 valence electrons. The third kappa shape index (κ3) is 8.72. The van der Waals surface area contributed by atoms with Gasteiger partial charge in [0.15, 0.2) is 5.89 Å². The van der Waals surface area contributed by atoms with Crippen LogP contribution in [0.3, 0.4) is 0 Å². The van der Waals surface area contributed by atoms with Crippen LogP contribution in [-0.2, 0) is 24.1 Å². The van der Waals surface area contributed by atoms with Gasteiger partial charge in [0.2, 0.25) is 5.91 Å². The number of amides is 1. The second-order valence-electron chi connectivity index (χ2n) is 8.48. The summed E-state index contributed by atoms with van der Waals surface area (Å²) >= 11 is 0. The molecule has 0 aliphatic carbocycles. The maximum absolute atomic E-state index is 13.6. The normalized spacial score (nSPS) is 13.5. The molecule has 0 saturated carbocycles. The number of carbonyl (C=O) groups excluding carboxylic acids is 1. The molecule has 1 heterocycles. The minimum Gasteiger partial charge on any atom is -0.446 e. The van der Waals surface area contributed by atoms with Gasteiger partial charge in [0.25, 0.3) is 0 Å². The molecule has 1 unspecified atom stereocenters. The summed E-state index contributed by atoms with van der Waals surface area (Å²) in [7, 11) is 0. The van der Waals surface area contributed by atoms with E-state index in [2.05, 4.69) is 34.7 Å². The molecule has 0 fully saturated rings. The predicted molar refractivity (Wildman–Crippen MR) is 132 cm³/mol. The third-order valence-corrected chi connectivity index (χ3v) is 5.61. The summed E-state index contributed by atoms with van der Waals surface area (Å²) in [6.07, 6.45) is 2.07. The smallest absolute Gasteiger partial charge is 0.217 e. The van der Waals surface area contributed by atoms with Crippen molar-refractivity contribution >= 4 is 18.3 Å². The number of rotatable bonds is 11. The Morgan fingerprint density at radius 2 is 1.83 bits per heavy atom. The summed E-state index contributed by atoms with van der Waals surface area (Å²) in [6.45, 7) is 5.37. The average molecular weight is 508 g/mol. The second kappa shape index (κ2) is 13.3. The van der Waals surface area contributed by atoms with Crippen molar-refractivity contribution in [2.24, 2.45) is 0 Å². The van der Waals surface area contributed by atoms with Crippen molar-refractivity contribution in [3.05, 3.63) is 88.6 Å². The van der Waals surface area contributed by atoms with Crippen LogP contribution in [0, 0.1) is 18.6 Å². The molecule has 9 heteroatoms. The SMILES string of the molecule is CCc1cccc([C@H](Cc2ncc(C)o2)NC[C@@H](O)C(Cc2cc(F)cc(F)c2)NC(C)=O)c1.Cl. The van der Waals surface area contributed by atoms with E-state index in [9.17, 15) is 18.7 Å². The van der Waals surface area contributed by atoms with Crippen molar-refractivity contribution in [1.82, 2.24) is 15.6 Å². The molecule has 0 spiro atoms. The molecule has 35 heavy (non-hydrogen) atoms. The molecule has 3 N–H and O–H groups in total. The standard InChI is InChI=1S/C26H31F2N3O3.ClH/c1-4-18-6-5-7-20(8-18)23(13-26-30-14-16(2)34-26)29-15-25(33)24(31-17(3)32)11-19-9-21(27)12-22(28)10-19;/h5-10,12,14,23-25,29,33H,4,11,13,15H2,1-3H3,(H,31,32);1H/t23-,24?,25+;/m0./s1. The highest BCUT2D eigenvalue weighted by atomic mass is 35.5. The van der Waals surface area contributed by atoms with Crippen LogP contribution in [0.25, 0.3) is 0 Å². The molecule has 0 aliphatic rings. The van der Waals surface area contributed by atoms with Crippen LogP contribution in [0.4, 0.5) is 8.78 Å². The van der Waals surface area contributed by atoms with Gasteiger partial charge in [0.05, 0.1) is 18.3 Å². The van der Waals surface area contributed by atoms with Gasteiger partial charge in [0.1, 0.15) is 17.4 Å². The number of aliphatic hydroxyl groups excluding tert-OH is 1. The zero-order valence-corrected chi connectivity index (χ0v) is 20.9. The van der Waals surface area contributed by atoms with E-state index < -0.39 is 23.8 Å². The number of hydrogen-bond acceptors (Lipinski definition) is 5. The number of nitrogens with zero attached hydrogens (tertiary/aromatic N) is 1. The molecular formula is C26H32ClF2N3O3. The molecule has 3 aromatic rings. The number of aliphatic hydroxyl groups is 1. The van der Waals surface area contributed by atoms with Crippen LogP contribution in [0.15, 0.2) is 53.1 Å². The zero-order valence-electron chi connectivity index (χ0n) is 20.1. The van der Waals surface area contributed by atoms with Crippen LogP contribution < -0.4 is 10.6 Å². The maximum atomic E-state index is 13.6. The molecule has 3 atom stereocenters. The maximum Gasteiger partial charge on any atom is 0.217 e. The fourth-order valence-electron chi connectivity index (χ4n) is 3.94. The van der Waals surface area contributed by atoms with Crippen LogP contribution in [0.5, 0.6) is 0 Å². The second-order valence-corrected chi connectivity index (χ2v) is 8.48. The van der Waals surface area contributed by atoms with E-state index in [1.165, 1.54) is 24.6 Å². The molecular weight excluding hydrogens is 476 g/mol. The van der Waals surface area contributed by atoms with Gasteiger partial charge in [-0.3, -0.25) is 4.79 Å². The summed E-state index contributed by atoms with van der Waals surface area (Å²) < 4.78 is 32.9. The molecule has 0 saturated heterocycles. The molecule has 1 amide bonds. The molecule has 3 rings (SSSR count). The fourth-order valence-corrected chi connectivity index (χ4v) is 3.94. The highest BCUT2D eigenvalue weighted by Crippen LogP contribution is 2.21. The first-order valence-electron chi connectivity index (χ1n) is 11.4. The van der Waals surface area contributed by atoms with Crippen molar-refractivity contribution in [1.29, 1.82) is 0 Å². The lowest BCUT2D eigenvalue weighted by molar-refractivity contribution is -0.120. The Morgan fingerprint density at radius 3 is 2.43 bits per heavy atom. The number of aryl methyl sites for hydroxylation is 2. The van der Waals surface area contributed by atoms with E-state index >= 15 is 0 Å². The summed E-state index contributed by atoms with van der Waals surface area (Å²) in [5, 5.41) is 17.0. The quantitative estimate of drug-likeness (QED) is 0.361. The Balaban J connectivity index is 0.00000432. The average Bonchev–Trinajstić information content (AvgIpc) is 3.19. The lowest BCUT2D eigenvalue weighted by Gasteiger charge is -2.27. The summed E-state index contributed by atoms with van der Waals surface area (Å²) in [5.74, 6) is -0.477. The van der Waals surface area contributed by atoms with Gasteiger partial charge in [-0.1, -0.05) is 31.2 Å². The number of benzene rings is 2. The van der Waals surface area contributed by atoms with E-state index in [-0.39, 0.29) is 37.3 Å². The molecule has 2 aromatic carbocycles.